The summed E-state index contributed by atoms with van der Waals surface area (Å²) in [6.07, 6.45) is 7.93. The summed E-state index contributed by atoms with van der Waals surface area (Å²) in [5.74, 6) is 1.73. The molecule has 1 aliphatic heterocycles. The van der Waals surface area contributed by atoms with Gasteiger partial charge in [-0.1, -0.05) is 31.4 Å². The molecule has 1 aliphatic carbocycles. The van der Waals surface area contributed by atoms with Crippen molar-refractivity contribution in [3.8, 4) is 5.75 Å². The van der Waals surface area contributed by atoms with Crippen molar-refractivity contribution in [1.82, 2.24) is 15.5 Å². The van der Waals surface area contributed by atoms with Crippen molar-refractivity contribution in [1.29, 1.82) is 0 Å². The zero-order valence-electron chi connectivity index (χ0n) is 19.1. The molecule has 1 saturated carbocycles. The lowest BCUT2D eigenvalue weighted by molar-refractivity contribution is 0.0277. The first-order valence-electron chi connectivity index (χ1n) is 11.9. The van der Waals surface area contributed by atoms with Crippen molar-refractivity contribution in [2.24, 2.45) is 4.99 Å². The van der Waals surface area contributed by atoms with E-state index in [0.29, 0.717) is 19.3 Å². The van der Waals surface area contributed by atoms with Gasteiger partial charge in [0.15, 0.2) is 5.96 Å². The number of nitrogens with zero attached hydrogens (tertiary/aromatic N) is 2. The number of hydrogen-bond acceptors (Lipinski definition) is 5. The minimum Gasteiger partial charge on any atom is -0.492 e. The molecule has 2 aliphatic rings. The van der Waals surface area contributed by atoms with Gasteiger partial charge in [-0.3, -0.25) is 9.89 Å². The molecule has 2 fully saturated rings. The van der Waals surface area contributed by atoms with Crippen LogP contribution in [0.5, 0.6) is 5.75 Å². The van der Waals surface area contributed by atoms with Crippen LogP contribution in [0.3, 0.4) is 0 Å². The van der Waals surface area contributed by atoms with E-state index < -0.39 is 0 Å². The zero-order chi connectivity index (χ0) is 21.6. The summed E-state index contributed by atoms with van der Waals surface area (Å²) in [6.45, 7) is 7.65. The molecule has 3 rings (SSSR count). The molecule has 1 aromatic carbocycles. The Morgan fingerprint density at radius 2 is 1.97 bits per heavy atom. The van der Waals surface area contributed by atoms with Gasteiger partial charge in [-0.05, 0) is 37.0 Å². The largest absolute Gasteiger partial charge is 0.492 e. The van der Waals surface area contributed by atoms with Crippen LogP contribution in [-0.2, 0) is 16.0 Å². The molecule has 174 valence electrons. The highest BCUT2D eigenvalue weighted by Gasteiger charge is 2.13. The molecule has 2 N–H and O–H groups in total. The van der Waals surface area contributed by atoms with E-state index in [0.717, 1.165) is 64.1 Å². The first-order valence-corrected chi connectivity index (χ1v) is 11.9. The molecular weight excluding hydrogens is 392 g/mol. The van der Waals surface area contributed by atoms with Crippen LogP contribution in [-0.4, -0.2) is 76.6 Å². The van der Waals surface area contributed by atoms with Gasteiger partial charge in [-0.25, -0.2) is 0 Å². The molecule has 0 aromatic heterocycles. The smallest absolute Gasteiger partial charge is 0.191 e. The first kappa shape index (κ1) is 23.8. The summed E-state index contributed by atoms with van der Waals surface area (Å²) >= 11 is 0. The maximum absolute atomic E-state index is 5.99. The molecule has 0 radical (unpaired) electrons. The van der Waals surface area contributed by atoms with Gasteiger partial charge in [0.2, 0.25) is 0 Å². The Labute approximate surface area is 187 Å². The summed E-state index contributed by atoms with van der Waals surface area (Å²) in [6, 6.07) is 8.26. The average Bonchev–Trinajstić information content (AvgIpc) is 2.82. The molecular formula is C24H40N4O3. The third kappa shape index (κ3) is 9.46. The van der Waals surface area contributed by atoms with Gasteiger partial charge in [0.1, 0.15) is 12.4 Å². The number of benzene rings is 1. The molecule has 0 bridgehead atoms. The number of aliphatic imine (C=N–C) groups is 1. The lowest BCUT2D eigenvalue weighted by Crippen LogP contribution is -2.38. The molecule has 31 heavy (non-hydrogen) atoms. The highest BCUT2D eigenvalue weighted by Crippen LogP contribution is 2.20. The van der Waals surface area contributed by atoms with Gasteiger partial charge in [-0.2, -0.15) is 0 Å². The van der Waals surface area contributed by atoms with E-state index in [4.69, 9.17) is 14.2 Å². The molecule has 0 atom stereocenters. The molecule has 7 heteroatoms. The second-order valence-corrected chi connectivity index (χ2v) is 8.29. The maximum atomic E-state index is 5.99. The summed E-state index contributed by atoms with van der Waals surface area (Å²) < 4.78 is 17.3. The number of hydrogen-bond donors (Lipinski definition) is 2. The van der Waals surface area contributed by atoms with E-state index in [-0.39, 0.29) is 0 Å². The monoisotopic (exact) mass is 432 g/mol. The van der Waals surface area contributed by atoms with Gasteiger partial charge in [0.05, 0.1) is 19.3 Å². The highest BCUT2D eigenvalue weighted by molar-refractivity contribution is 5.79. The second-order valence-electron chi connectivity index (χ2n) is 8.29. The van der Waals surface area contributed by atoms with E-state index in [1.165, 1.54) is 37.7 Å². The fourth-order valence-corrected chi connectivity index (χ4v) is 4.03. The summed E-state index contributed by atoms with van der Waals surface area (Å²) in [7, 11) is 1.80. The number of rotatable bonds is 11. The Morgan fingerprint density at radius 3 is 2.77 bits per heavy atom. The predicted octanol–water partition coefficient (Wildman–Crippen LogP) is 2.80. The standard InChI is InChI=1S/C24H40N4O3/c1-25-24(26-11-6-15-30-22-8-3-2-4-9-22)27-20-21-7-5-10-23(19-21)31-18-14-28-12-16-29-17-13-28/h5,7,10,19,22H,2-4,6,8-9,11-18,20H2,1H3,(H2,25,26,27). The topological polar surface area (TPSA) is 67.4 Å². The Kier molecular flexibility index (Phi) is 11.0. The molecule has 0 spiro atoms. The number of nitrogens with one attached hydrogen (secondary N) is 2. The number of morpholine rings is 1. The van der Waals surface area contributed by atoms with E-state index in [9.17, 15) is 0 Å². The SMILES string of the molecule is CN=C(NCCCOC1CCCCC1)NCc1cccc(OCCN2CCOCC2)c1. The average molecular weight is 433 g/mol. The minimum absolute atomic E-state index is 0.481. The van der Waals surface area contributed by atoms with Crippen LogP contribution in [0.15, 0.2) is 29.3 Å². The van der Waals surface area contributed by atoms with Crippen LogP contribution in [0.1, 0.15) is 44.1 Å². The third-order valence-corrected chi connectivity index (χ3v) is 5.88. The first-order chi connectivity index (χ1) is 15.3. The van der Waals surface area contributed by atoms with Gasteiger partial charge in [-0.15, -0.1) is 0 Å². The molecule has 1 heterocycles. The lowest BCUT2D eigenvalue weighted by atomic mass is 9.98. The minimum atomic E-state index is 0.481. The van der Waals surface area contributed by atoms with Crippen molar-refractivity contribution in [3.63, 3.8) is 0 Å². The van der Waals surface area contributed by atoms with E-state index in [2.05, 4.69) is 32.7 Å². The number of guanidine groups is 1. The second kappa shape index (κ2) is 14.3. The van der Waals surface area contributed by atoms with Crippen LogP contribution < -0.4 is 15.4 Å². The van der Waals surface area contributed by atoms with Crippen molar-refractivity contribution in [2.45, 2.75) is 51.2 Å². The fraction of sp³-hybridized carbons (Fsp3) is 0.708. The summed E-state index contributed by atoms with van der Waals surface area (Å²) in [5.41, 5.74) is 1.17. The highest BCUT2D eigenvalue weighted by atomic mass is 16.5. The lowest BCUT2D eigenvalue weighted by Gasteiger charge is -2.26. The summed E-state index contributed by atoms with van der Waals surface area (Å²) in [5, 5.41) is 6.76. The Hall–Kier alpha value is -1.83. The Bertz CT molecular complexity index is 643. The van der Waals surface area contributed by atoms with Crippen molar-refractivity contribution < 1.29 is 14.2 Å². The molecule has 1 saturated heterocycles. The van der Waals surface area contributed by atoms with E-state index in [1.54, 1.807) is 7.05 Å². The quantitative estimate of drug-likeness (QED) is 0.318. The van der Waals surface area contributed by atoms with E-state index >= 15 is 0 Å². The zero-order valence-corrected chi connectivity index (χ0v) is 19.1. The van der Waals surface area contributed by atoms with Crippen molar-refractivity contribution >= 4 is 5.96 Å². The van der Waals surface area contributed by atoms with Crippen molar-refractivity contribution in [3.05, 3.63) is 29.8 Å². The van der Waals surface area contributed by atoms with Crippen LogP contribution in [0, 0.1) is 0 Å². The molecule has 7 nitrogen and oxygen atoms in total. The van der Waals surface area contributed by atoms with Gasteiger partial charge in [0, 0.05) is 46.4 Å². The van der Waals surface area contributed by atoms with Crippen LogP contribution in [0.2, 0.25) is 0 Å². The van der Waals surface area contributed by atoms with Gasteiger partial charge >= 0.3 is 0 Å². The molecule has 0 amide bonds. The van der Waals surface area contributed by atoms with Crippen LogP contribution >= 0.6 is 0 Å². The van der Waals surface area contributed by atoms with Gasteiger partial charge < -0.3 is 24.8 Å². The van der Waals surface area contributed by atoms with Crippen molar-refractivity contribution in [2.75, 3.05) is 59.7 Å². The van der Waals surface area contributed by atoms with E-state index in [1.807, 2.05) is 12.1 Å². The Balaban J connectivity index is 1.29. The Morgan fingerprint density at radius 1 is 1.13 bits per heavy atom. The maximum Gasteiger partial charge on any atom is 0.191 e. The fourth-order valence-electron chi connectivity index (χ4n) is 4.03. The summed E-state index contributed by atoms with van der Waals surface area (Å²) in [4.78, 5) is 6.70. The van der Waals surface area contributed by atoms with Gasteiger partial charge in [0.25, 0.3) is 0 Å². The third-order valence-electron chi connectivity index (χ3n) is 5.88. The van der Waals surface area contributed by atoms with Crippen LogP contribution in [0.4, 0.5) is 0 Å². The molecule has 1 aromatic rings. The predicted molar refractivity (Wildman–Crippen MR) is 125 cm³/mol. The number of ether oxygens (including phenoxy) is 3. The normalized spacial score (nSPS) is 18.7. The van der Waals surface area contributed by atoms with Crippen LogP contribution in [0.25, 0.3) is 0 Å². The molecule has 0 unspecified atom stereocenters.